The van der Waals surface area contributed by atoms with Crippen LogP contribution in [0.15, 0.2) is 99.0 Å². The molecule has 5 aromatic heterocycles. The number of aromatic carboxylic acids is 1. The van der Waals surface area contributed by atoms with Crippen LogP contribution < -0.4 is 17.2 Å². The van der Waals surface area contributed by atoms with E-state index in [2.05, 4.69) is 60.8 Å². The van der Waals surface area contributed by atoms with E-state index < -0.39 is 11.9 Å². The highest BCUT2D eigenvalue weighted by atomic mass is 79.9. The minimum absolute atomic E-state index is 0.0203. The number of methoxy groups -OCH3 is 1. The molecule has 7 aromatic rings. The molecule has 0 saturated carbocycles. The fraction of sp³-hybridized carbons (Fsp3) is 0.128. The Labute approximate surface area is 354 Å². The summed E-state index contributed by atoms with van der Waals surface area (Å²) in [5.41, 5.74) is 20.3. The van der Waals surface area contributed by atoms with Crippen molar-refractivity contribution >= 4 is 57.1 Å². The zero-order chi connectivity index (χ0) is 44.4. The van der Waals surface area contributed by atoms with E-state index in [-0.39, 0.29) is 58.1 Å². The fourth-order valence-corrected chi connectivity index (χ4v) is 5.20. The fourth-order valence-electron chi connectivity index (χ4n) is 4.92. The van der Waals surface area contributed by atoms with Crippen molar-refractivity contribution in [2.75, 3.05) is 52.5 Å². The standard InChI is InChI=1S/C19H16N6O3.C14H14N4O3.C6H6BrN3O2/c1-25(2)19(26)12-7-5-11(6-8-12)13-10-21-16(20)15(22-13)18-24-23-17(28-18)14-4-3-9-27-14;1-18(2)13(19)9-5-3-8(4-6-9)10-7-16-12(15)11(17-10)14(20)21;1-12-6(11)4-5(8)9-2-3(7)10-4/h3-10H,1-2H3,(H2,20,21);3-7H,1-2H3,(H2,15,16)(H,20,21);2H,1H3,(H2,8,9). The van der Waals surface area contributed by atoms with E-state index in [1.807, 2.05) is 0 Å². The molecular formula is C39H36BrN13O8. The van der Waals surface area contributed by atoms with Crippen molar-refractivity contribution in [2.45, 2.75) is 0 Å². The van der Waals surface area contributed by atoms with Gasteiger partial charge in [0.15, 0.2) is 40.3 Å². The average molecular weight is 895 g/mol. The summed E-state index contributed by atoms with van der Waals surface area (Å²) in [6.07, 6.45) is 5.86. The number of furan rings is 1. The number of ether oxygens (including phenoxy) is 1. The first-order valence-corrected chi connectivity index (χ1v) is 18.2. The Morgan fingerprint density at radius 1 is 0.672 bits per heavy atom. The van der Waals surface area contributed by atoms with Crippen LogP contribution in [0.4, 0.5) is 17.5 Å². The molecule has 0 bridgehead atoms. The third-order valence-electron chi connectivity index (χ3n) is 7.98. The maximum absolute atomic E-state index is 12.0. The lowest BCUT2D eigenvalue weighted by Gasteiger charge is -2.10. The average Bonchev–Trinajstić information content (AvgIpc) is 3.98. The SMILES string of the molecule is CN(C)C(=O)c1ccc(-c2cnc(N)c(-c3nnc(-c4ccco4)o3)n2)cc1.CN(C)C(=O)c1ccc(-c2cnc(N)c(C(=O)O)n2)cc1.COC(=O)c1nc(Br)cnc1N. The summed E-state index contributed by atoms with van der Waals surface area (Å²) >= 11 is 3.06. The Morgan fingerprint density at radius 2 is 1.18 bits per heavy atom. The van der Waals surface area contributed by atoms with Crippen molar-refractivity contribution in [2.24, 2.45) is 0 Å². The van der Waals surface area contributed by atoms with Crippen molar-refractivity contribution in [3.8, 4) is 45.8 Å². The highest BCUT2D eigenvalue weighted by Gasteiger charge is 2.19. The van der Waals surface area contributed by atoms with Crippen LogP contribution in [0.1, 0.15) is 41.7 Å². The predicted octanol–water partition coefficient (Wildman–Crippen LogP) is 4.47. The number of anilines is 3. The Kier molecular flexibility index (Phi) is 14.1. The number of nitrogens with two attached hydrogens (primary N) is 3. The molecular weight excluding hydrogens is 858 g/mol. The Bertz CT molecular complexity index is 2670. The van der Waals surface area contributed by atoms with Gasteiger partial charge < -0.3 is 45.7 Å². The summed E-state index contributed by atoms with van der Waals surface area (Å²) in [6.45, 7) is 0. The van der Waals surface area contributed by atoms with Crippen LogP contribution in [-0.4, -0.2) is 114 Å². The van der Waals surface area contributed by atoms with Gasteiger partial charge in [-0.2, -0.15) is 0 Å². The molecule has 21 nitrogen and oxygen atoms in total. The van der Waals surface area contributed by atoms with Crippen LogP contribution >= 0.6 is 15.9 Å². The summed E-state index contributed by atoms with van der Waals surface area (Å²) < 4.78 is 15.7. The number of rotatable bonds is 8. The van der Waals surface area contributed by atoms with Crippen LogP contribution in [-0.2, 0) is 4.74 Å². The number of amides is 2. The molecule has 0 aliphatic rings. The second-order valence-corrected chi connectivity index (χ2v) is 13.5. The van der Waals surface area contributed by atoms with Gasteiger partial charge in [0, 0.05) is 50.4 Å². The maximum atomic E-state index is 12.0. The maximum Gasteiger partial charge on any atom is 0.360 e. The molecule has 7 rings (SSSR count). The largest absolute Gasteiger partial charge is 0.476 e. The van der Waals surface area contributed by atoms with Gasteiger partial charge in [-0.1, -0.05) is 24.3 Å². The molecule has 0 aliphatic carbocycles. The number of nitrogens with zero attached hydrogens (tertiary/aromatic N) is 10. The molecule has 0 atom stereocenters. The molecule has 7 N–H and O–H groups in total. The molecule has 61 heavy (non-hydrogen) atoms. The highest BCUT2D eigenvalue weighted by molar-refractivity contribution is 9.10. The van der Waals surface area contributed by atoms with Gasteiger partial charge >= 0.3 is 11.9 Å². The summed E-state index contributed by atoms with van der Waals surface area (Å²) in [5, 5.41) is 16.9. The van der Waals surface area contributed by atoms with E-state index in [1.165, 1.54) is 35.6 Å². The van der Waals surface area contributed by atoms with Gasteiger partial charge in [-0.05, 0) is 52.3 Å². The highest BCUT2D eigenvalue weighted by Crippen LogP contribution is 2.28. The number of hydrogen-bond acceptors (Lipinski definition) is 18. The molecule has 0 aliphatic heterocycles. The summed E-state index contributed by atoms with van der Waals surface area (Å²) in [7, 11) is 8.00. The number of carbonyl (C=O) groups is 4. The first kappa shape index (κ1) is 44.0. The quantitative estimate of drug-likeness (QED) is 0.153. The first-order valence-electron chi connectivity index (χ1n) is 17.4. The topological polar surface area (TPSA) is 312 Å². The summed E-state index contributed by atoms with van der Waals surface area (Å²) in [4.78, 5) is 72.7. The first-order chi connectivity index (χ1) is 29.1. The Balaban J connectivity index is 0.000000188. The number of carbonyl (C=O) groups excluding carboxylic acids is 3. The zero-order valence-corrected chi connectivity index (χ0v) is 34.6. The van der Waals surface area contributed by atoms with Crippen molar-refractivity contribution in [3.63, 3.8) is 0 Å². The number of hydrogen-bond donors (Lipinski definition) is 4. The van der Waals surface area contributed by atoms with Gasteiger partial charge in [0.05, 0.1) is 43.4 Å². The van der Waals surface area contributed by atoms with Crippen molar-refractivity contribution in [1.82, 2.24) is 49.9 Å². The van der Waals surface area contributed by atoms with Gasteiger partial charge in [-0.3, -0.25) is 9.59 Å². The lowest BCUT2D eigenvalue weighted by Crippen LogP contribution is -2.21. The van der Waals surface area contributed by atoms with E-state index in [4.69, 9.17) is 31.1 Å². The molecule has 2 aromatic carbocycles. The second kappa shape index (κ2) is 19.5. The van der Waals surface area contributed by atoms with Crippen LogP contribution in [0.2, 0.25) is 0 Å². The predicted molar refractivity (Wildman–Crippen MR) is 223 cm³/mol. The Morgan fingerprint density at radius 3 is 1.69 bits per heavy atom. The third-order valence-corrected chi connectivity index (χ3v) is 8.36. The van der Waals surface area contributed by atoms with Gasteiger partial charge in [0.2, 0.25) is 0 Å². The van der Waals surface area contributed by atoms with Crippen LogP contribution in [0.3, 0.4) is 0 Å². The van der Waals surface area contributed by atoms with Gasteiger partial charge in [0.1, 0.15) is 4.60 Å². The van der Waals surface area contributed by atoms with Crippen molar-refractivity contribution in [3.05, 3.63) is 113 Å². The Hall–Kier alpha value is -8.14. The van der Waals surface area contributed by atoms with Crippen molar-refractivity contribution in [1.29, 1.82) is 0 Å². The number of aromatic nitrogens is 8. The van der Waals surface area contributed by atoms with Gasteiger partial charge in [0.25, 0.3) is 23.6 Å². The normalized spacial score (nSPS) is 10.3. The van der Waals surface area contributed by atoms with Crippen LogP contribution in [0.5, 0.6) is 0 Å². The number of halogens is 1. The van der Waals surface area contributed by atoms with Crippen LogP contribution in [0.25, 0.3) is 45.8 Å². The summed E-state index contributed by atoms with van der Waals surface area (Å²) in [5.74, 6) is -1.13. The minimum atomic E-state index is -1.23. The van der Waals surface area contributed by atoms with E-state index in [0.29, 0.717) is 38.4 Å². The number of carboxylic acid groups (broad SMARTS) is 1. The smallest absolute Gasteiger partial charge is 0.360 e. The molecule has 0 radical (unpaired) electrons. The van der Waals surface area contributed by atoms with Crippen LogP contribution in [0, 0.1) is 0 Å². The summed E-state index contributed by atoms with van der Waals surface area (Å²) in [6, 6.07) is 17.1. The van der Waals surface area contributed by atoms with Gasteiger partial charge in [-0.15, -0.1) is 10.2 Å². The number of esters is 1. The molecule has 22 heteroatoms. The number of nitrogen functional groups attached to an aromatic ring is 3. The van der Waals surface area contributed by atoms with E-state index in [1.54, 1.807) is 95.1 Å². The van der Waals surface area contributed by atoms with Crippen molar-refractivity contribution < 1.29 is 37.9 Å². The molecule has 0 fully saturated rings. The number of carboxylic acids is 1. The molecule has 312 valence electrons. The lowest BCUT2D eigenvalue weighted by atomic mass is 10.1. The number of benzene rings is 2. The second-order valence-electron chi connectivity index (χ2n) is 12.6. The lowest BCUT2D eigenvalue weighted by molar-refractivity contribution is 0.0593. The molecule has 0 saturated heterocycles. The monoisotopic (exact) mass is 893 g/mol. The van der Waals surface area contributed by atoms with Gasteiger partial charge in [-0.25, -0.2) is 39.5 Å². The molecule has 5 heterocycles. The van der Waals surface area contributed by atoms with E-state index in [9.17, 15) is 19.2 Å². The zero-order valence-electron chi connectivity index (χ0n) is 33.0. The minimum Gasteiger partial charge on any atom is -0.476 e. The van der Waals surface area contributed by atoms with E-state index >= 15 is 0 Å². The molecule has 0 spiro atoms. The van der Waals surface area contributed by atoms with E-state index in [0.717, 1.165) is 5.56 Å². The third kappa shape index (κ3) is 10.9. The molecule has 0 unspecified atom stereocenters. The molecule has 2 amide bonds.